The Hall–Kier alpha value is -1.15. The Morgan fingerprint density at radius 2 is 2.38 bits per heavy atom. The van der Waals surface area contributed by atoms with Gasteiger partial charge < -0.3 is 5.32 Å². The quantitative estimate of drug-likeness (QED) is 0.710. The van der Waals surface area contributed by atoms with E-state index in [1.807, 2.05) is 25.4 Å². The van der Waals surface area contributed by atoms with Crippen LogP contribution in [0.25, 0.3) is 0 Å². The normalized spacial score (nSPS) is 12.5. The highest BCUT2D eigenvalue weighted by Crippen LogP contribution is 2.00. The molecule has 0 saturated carbocycles. The summed E-state index contributed by atoms with van der Waals surface area (Å²) >= 11 is 0. The lowest BCUT2D eigenvalue weighted by molar-refractivity contribution is 0.632. The second-order valence-corrected chi connectivity index (χ2v) is 3.28. The molecule has 0 radical (unpaired) electrons. The molecule has 0 aliphatic carbocycles. The van der Waals surface area contributed by atoms with Crippen molar-refractivity contribution in [3.63, 3.8) is 0 Å². The molecule has 2 heteroatoms. The molecule has 70 valence electrons. The summed E-state index contributed by atoms with van der Waals surface area (Å²) < 4.78 is 0. The van der Waals surface area contributed by atoms with Crippen molar-refractivity contribution in [2.24, 2.45) is 0 Å². The minimum atomic E-state index is 0.348. The zero-order valence-corrected chi connectivity index (χ0v) is 8.25. The third-order valence-electron chi connectivity index (χ3n) is 1.91. The predicted molar refractivity (Wildman–Crippen MR) is 55.5 cm³/mol. The number of hydrogen-bond acceptors (Lipinski definition) is 2. The van der Waals surface area contributed by atoms with Gasteiger partial charge >= 0.3 is 0 Å². The molecule has 2 nitrogen and oxygen atoms in total. The highest BCUT2D eigenvalue weighted by atomic mass is 14.9. The summed E-state index contributed by atoms with van der Waals surface area (Å²) in [4.78, 5) is 4.12. The van der Waals surface area contributed by atoms with Crippen LogP contribution < -0.4 is 5.32 Å². The van der Waals surface area contributed by atoms with E-state index in [9.17, 15) is 0 Å². The zero-order valence-electron chi connectivity index (χ0n) is 8.25. The monoisotopic (exact) mass is 176 g/mol. The van der Waals surface area contributed by atoms with Gasteiger partial charge in [-0.2, -0.15) is 0 Å². The Kier molecular flexibility index (Phi) is 3.65. The standard InChI is InChI=1S/C11H16N2/c1-4-10(3)13-8-11-5-9(2)6-12-7-11/h4-7,10,13H,1,8H2,2-3H3. The van der Waals surface area contributed by atoms with Gasteiger partial charge in [0.1, 0.15) is 0 Å². The molecule has 0 amide bonds. The number of hydrogen-bond donors (Lipinski definition) is 1. The van der Waals surface area contributed by atoms with Crippen molar-refractivity contribution in [2.45, 2.75) is 26.4 Å². The number of rotatable bonds is 4. The molecule has 0 aromatic carbocycles. The van der Waals surface area contributed by atoms with Crippen molar-refractivity contribution in [2.75, 3.05) is 0 Å². The summed E-state index contributed by atoms with van der Waals surface area (Å²) in [5.41, 5.74) is 2.42. The number of aryl methyl sites for hydroxylation is 1. The lowest BCUT2D eigenvalue weighted by Crippen LogP contribution is -2.22. The van der Waals surface area contributed by atoms with Crippen molar-refractivity contribution in [3.05, 3.63) is 42.2 Å². The molecule has 0 spiro atoms. The van der Waals surface area contributed by atoms with Crippen LogP contribution in [-0.2, 0) is 6.54 Å². The van der Waals surface area contributed by atoms with Gasteiger partial charge in [0.2, 0.25) is 0 Å². The molecule has 1 atom stereocenters. The van der Waals surface area contributed by atoms with Gasteiger partial charge in [-0.15, -0.1) is 6.58 Å². The number of nitrogens with one attached hydrogen (secondary N) is 1. The van der Waals surface area contributed by atoms with Crippen molar-refractivity contribution >= 4 is 0 Å². The molecule has 0 saturated heterocycles. The molecule has 1 N–H and O–H groups in total. The van der Waals surface area contributed by atoms with Crippen molar-refractivity contribution in [3.8, 4) is 0 Å². The maximum atomic E-state index is 4.12. The third-order valence-corrected chi connectivity index (χ3v) is 1.91. The highest BCUT2D eigenvalue weighted by Gasteiger charge is 1.96. The summed E-state index contributed by atoms with van der Waals surface area (Å²) in [6.45, 7) is 8.69. The summed E-state index contributed by atoms with van der Waals surface area (Å²) in [6.07, 6.45) is 5.64. The molecular formula is C11H16N2. The average molecular weight is 176 g/mol. The molecule has 1 heterocycles. The van der Waals surface area contributed by atoms with Crippen LogP contribution in [0.2, 0.25) is 0 Å². The third kappa shape index (κ3) is 3.38. The minimum Gasteiger partial charge on any atom is -0.307 e. The highest BCUT2D eigenvalue weighted by molar-refractivity contribution is 5.16. The fraction of sp³-hybridized carbons (Fsp3) is 0.364. The topological polar surface area (TPSA) is 24.9 Å². The van der Waals surface area contributed by atoms with Crippen LogP contribution in [0.15, 0.2) is 31.1 Å². The van der Waals surface area contributed by atoms with E-state index < -0.39 is 0 Å². The largest absolute Gasteiger partial charge is 0.307 e. The average Bonchev–Trinajstić information content (AvgIpc) is 2.14. The SMILES string of the molecule is C=CC(C)NCc1cncc(C)c1. The van der Waals surface area contributed by atoms with E-state index in [1.54, 1.807) is 0 Å². The van der Waals surface area contributed by atoms with E-state index in [4.69, 9.17) is 0 Å². The van der Waals surface area contributed by atoms with E-state index in [0.29, 0.717) is 6.04 Å². The lowest BCUT2D eigenvalue weighted by atomic mass is 10.2. The Labute approximate surface area is 79.7 Å². The van der Waals surface area contributed by atoms with Crippen LogP contribution in [0.5, 0.6) is 0 Å². The molecule has 13 heavy (non-hydrogen) atoms. The van der Waals surface area contributed by atoms with E-state index in [2.05, 4.69) is 29.9 Å². The minimum absolute atomic E-state index is 0.348. The van der Waals surface area contributed by atoms with Crippen LogP contribution in [0.4, 0.5) is 0 Å². The van der Waals surface area contributed by atoms with Crippen molar-refractivity contribution in [1.29, 1.82) is 0 Å². The molecule has 0 aliphatic heterocycles. The smallest absolute Gasteiger partial charge is 0.0313 e. The van der Waals surface area contributed by atoms with Crippen molar-refractivity contribution < 1.29 is 0 Å². The number of pyridine rings is 1. The van der Waals surface area contributed by atoms with Crippen LogP contribution in [0, 0.1) is 6.92 Å². The first-order valence-electron chi connectivity index (χ1n) is 4.49. The summed E-state index contributed by atoms with van der Waals surface area (Å²) in [5.74, 6) is 0. The van der Waals surface area contributed by atoms with Crippen LogP contribution in [-0.4, -0.2) is 11.0 Å². The molecule has 1 aromatic heterocycles. The Balaban J connectivity index is 2.49. The Morgan fingerprint density at radius 1 is 1.62 bits per heavy atom. The maximum Gasteiger partial charge on any atom is 0.0313 e. The maximum absolute atomic E-state index is 4.12. The number of nitrogens with zero attached hydrogens (tertiary/aromatic N) is 1. The summed E-state index contributed by atoms with van der Waals surface area (Å²) in [7, 11) is 0. The van der Waals surface area contributed by atoms with E-state index >= 15 is 0 Å². The van der Waals surface area contributed by atoms with Crippen LogP contribution >= 0.6 is 0 Å². The van der Waals surface area contributed by atoms with E-state index in [0.717, 1.165) is 6.54 Å². The fourth-order valence-corrected chi connectivity index (χ4v) is 1.08. The zero-order chi connectivity index (χ0) is 9.68. The second-order valence-electron chi connectivity index (χ2n) is 3.28. The van der Waals surface area contributed by atoms with Gasteiger partial charge in [-0.25, -0.2) is 0 Å². The fourth-order valence-electron chi connectivity index (χ4n) is 1.08. The van der Waals surface area contributed by atoms with Gasteiger partial charge in [-0.3, -0.25) is 4.98 Å². The number of aromatic nitrogens is 1. The molecule has 1 rings (SSSR count). The molecule has 0 aliphatic rings. The van der Waals surface area contributed by atoms with Crippen molar-refractivity contribution in [1.82, 2.24) is 10.3 Å². The molecular weight excluding hydrogens is 160 g/mol. The second kappa shape index (κ2) is 4.77. The first-order valence-corrected chi connectivity index (χ1v) is 4.49. The van der Waals surface area contributed by atoms with Gasteiger partial charge in [-0.1, -0.05) is 12.1 Å². The van der Waals surface area contributed by atoms with Gasteiger partial charge in [-0.05, 0) is 25.0 Å². The van der Waals surface area contributed by atoms with Gasteiger partial charge in [0.05, 0.1) is 0 Å². The van der Waals surface area contributed by atoms with Crippen LogP contribution in [0.3, 0.4) is 0 Å². The first kappa shape index (κ1) is 9.93. The first-order chi connectivity index (χ1) is 6.22. The van der Waals surface area contributed by atoms with E-state index in [1.165, 1.54) is 11.1 Å². The molecule has 1 aromatic rings. The molecule has 0 fully saturated rings. The van der Waals surface area contributed by atoms with Crippen LogP contribution in [0.1, 0.15) is 18.1 Å². The van der Waals surface area contributed by atoms with Gasteiger partial charge in [0.15, 0.2) is 0 Å². The Morgan fingerprint density at radius 3 is 3.00 bits per heavy atom. The Bertz CT molecular complexity index is 281. The van der Waals surface area contributed by atoms with Gasteiger partial charge in [0, 0.05) is 25.0 Å². The summed E-state index contributed by atoms with van der Waals surface area (Å²) in [5, 5.41) is 3.32. The van der Waals surface area contributed by atoms with Gasteiger partial charge in [0.25, 0.3) is 0 Å². The lowest BCUT2D eigenvalue weighted by Gasteiger charge is -2.08. The summed E-state index contributed by atoms with van der Waals surface area (Å²) in [6, 6.07) is 2.48. The molecule has 0 bridgehead atoms. The van der Waals surface area contributed by atoms with E-state index in [-0.39, 0.29) is 0 Å². The predicted octanol–water partition coefficient (Wildman–Crippen LogP) is 2.05. The molecule has 1 unspecified atom stereocenters.